The Hall–Kier alpha value is -2.67. The Kier molecular flexibility index (Phi) is 4.01. The summed E-state index contributed by atoms with van der Waals surface area (Å²) in [6, 6.07) is 4.81. The summed E-state index contributed by atoms with van der Waals surface area (Å²) in [7, 11) is 0. The maximum absolute atomic E-state index is 14.2. The molecule has 1 aliphatic rings. The van der Waals surface area contributed by atoms with Crippen molar-refractivity contribution in [3.8, 4) is 11.4 Å². The normalized spacial score (nSPS) is 16.7. The van der Waals surface area contributed by atoms with Crippen molar-refractivity contribution < 1.29 is 8.91 Å². The van der Waals surface area contributed by atoms with E-state index in [9.17, 15) is 4.39 Å². The second-order valence-corrected chi connectivity index (χ2v) is 6.30. The Bertz CT molecular complexity index is 924. The van der Waals surface area contributed by atoms with Crippen LogP contribution >= 0.6 is 0 Å². The number of rotatable bonds is 3. The first-order valence-corrected chi connectivity index (χ1v) is 8.27. The Labute approximate surface area is 144 Å². The fourth-order valence-electron chi connectivity index (χ4n) is 3.28. The van der Waals surface area contributed by atoms with Crippen molar-refractivity contribution in [1.82, 2.24) is 20.1 Å². The first-order chi connectivity index (χ1) is 12.2. The van der Waals surface area contributed by atoms with Crippen LogP contribution in [0.3, 0.4) is 0 Å². The summed E-state index contributed by atoms with van der Waals surface area (Å²) in [6.07, 6.45) is 4.09. The summed E-state index contributed by atoms with van der Waals surface area (Å²) < 4.78 is 19.7. The van der Waals surface area contributed by atoms with E-state index >= 15 is 0 Å². The third-order valence-corrected chi connectivity index (χ3v) is 4.73. The highest BCUT2D eigenvalue weighted by Crippen LogP contribution is 2.33. The number of nitrogens with two attached hydrogens (primary N) is 1. The number of hydrogen-bond donors (Lipinski definition) is 1. The Morgan fingerprint density at radius 3 is 3.00 bits per heavy atom. The second-order valence-electron chi connectivity index (χ2n) is 6.30. The number of aryl methyl sites for hydroxylation is 2. The van der Waals surface area contributed by atoms with Crippen molar-refractivity contribution in [2.75, 3.05) is 0 Å². The van der Waals surface area contributed by atoms with Crippen LogP contribution in [0.4, 0.5) is 4.39 Å². The van der Waals surface area contributed by atoms with Gasteiger partial charge in [0.15, 0.2) is 0 Å². The minimum atomic E-state index is -0.395. The van der Waals surface area contributed by atoms with Crippen LogP contribution in [0.2, 0.25) is 0 Å². The molecule has 0 saturated carbocycles. The van der Waals surface area contributed by atoms with Crippen LogP contribution in [0.5, 0.6) is 0 Å². The smallest absolute Gasteiger partial charge is 0.230 e. The average Bonchev–Trinajstić information content (AvgIpc) is 3.11. The Morgan fingerprint density at radius 2 is 2.20 bits per heavy atom. The lowest BCUT2D eigenvalue weighted by Gasteiger charge is -2.21. The minimum Gasteiger partial charge on any atom is -0.339 e. The van der Waals surface area contributed by atoms with E-state index in [-0.39, 0.29) is 18.3 Å². The lowest BCUT2D eigenvalue weighted by atomic mass is 9.86. The van der Waals surface area contributed by atoms with Gasteiger partial charge in [0.2, 0.25) is 11.7 Å². The lowest BCUT2D eigenvalue weighted by Crippen LogP contribution is -2.16. The molecule has 0 spiro atoms. The Morgan fingerprint density at radius 1 is 1.32 bits per heavy atom. The van der Waals surface area contributed by atoms with Gasteiger partial charge in [-0.2, -0.15) is 4.98 Å². The standard InChI is InChI=1S/C18H18FN5O/c1-10-14-7-12(3-5-16(14)22-9-21-10)18-23-17(24-25-18)13-4-2-11(8-20)6-15(13)19/h2,4,6,9,12H,3,5,7-8,20H2,1H3. The van der Waals surface area contributed by atoms with E-state index in [4.69, 9.17) is 10.3 Å². The molecule has 1 aliphatic carbocycles. The number of nitrogens with zero attached hydrogens (tertiary/aromatic N) is 4. The number of aromatic nitrogens is 4. The molecule has 4 rings (SSSR count). The molecule has 0 saturated heterocycles. The summed E-state index contributed by atoms with van der Waals surface area (Å²) in [6.45, 7) is 2.27. The van der Waals surface area contributed by atoms with Crippen LogP contribution in [0.25, 0.3) is 11.4 Å². The maximum atomic E-state index is 14.2. The van der Waals surface area contributed by atoms with Gasteiger partial charge < -0.3 is 10.3 Å². The minimum absolute atomic E-state index is 0.102. The summed E-state index contributed by atoms with van der Waals surface area (Å²) in [5.41, 5.74) is 9.81. The van der Waals surface area contributed by atoms with E-state index in [1.807, 2.05) is 6.92 Å². The molecule has 25 heavy (non-hydrogen) atoms. The highest BCUT2D eigenvalue weighted by molar-refractivity contribution is 5.56. The van der Waals surface area contributed by atoms with Crippen molar-refractivity contribution in [2.24, 2.45) is 5.73 Å². The fraction of sp³-hybridized carbons (Fsp3) is 0.333. The van der Waals surface area contributed by atoms with E-state index in [1.165, 1.54) is 6.07 Å². The molecule has 0 aliphatic heterocycles. The van der Waals surface area contributed by atoms with E-state index in [2.05, 4.69) is 20.1 Å². The number of benzene rings is 1. The quantitative estimate of drug-likeness (QED) is 0.789. The monoisotopic (exact) mass is 339 g/mol. The predicted octanol–water partition coefficient (Wildman–Crippen LogP) is 2.71. The van der Waals surface area contributed by atoms with E-state index in [1.54, 1.807) is 18.5 Å². The highest BCUT2D eigenvalue weighted by atomic mass is 19.1. The number of hydrogen-bond acceptors (Lipinski definition) is 6. The molecule has 0 amide bonds. The first-order valence-electron chi connectivity index (χ1n) is 8.27. The van der Waals surface area contributed by atoms with Crippen molar-refractivity contribution in [3.05, 3.63) is 58.7 Å². The van der Waals surface area contributed by atoms with Crippen LogP contribution in [-0.2, 0) is 19.4 Å². The molecule has 3 aromatic rings. The summed E-state index contributed by atoms with van der Waals surface area (Å²) >= 11 is 0. The highest BCUT2D eigenvalue weighted by Gasteiger charge is 2.27. The van der Waals surface area contributed by atoms with Gasteiger partial charge in [-0.1, -0.05) is 11.2 Å². The van der Waals surface area contributed by atoms with Crippen molar-refractivity contribution in [3.63, 3.8) is 0 Å². The summed E-state index contributed by atoms with van der Waals surface area (Å²) in [5.74, 6) is 0.507. The van der Waals surface area contributed by atoms with Gasteiger partial charge in [0, 0.05) is 23.9 Å². The molecule has 1 unspecified atom stereocenters. The predicted molar refractivity (Wildman–Crippen MR) is 89.1 cm³/mol. The molecule has 0 bridgehead atoms. The van der Waals surface area contributed by atoms with E-state index in [0.29, 0.717) is 11.5 Å². The van der Waals surface area contributed by atoms with Gasteiger partial charge in [0.1, 0.15) is 12.1 Å². The third kappa shape index (κ3) is 2.91. The van der Waals surface area contributed by atoms with Crippen LogP contribution in [0, 0.1) is 12.7 Å². The topological polar surface area (TPSA) is 90.7 Å². The molecule has 1 atom stereocenters. The van der Waals surface area contributed by atoms with Gasteiger partial charge in [0.25, 0.3) is 0 Å². The van der Waals surface area contributed by atoms with Gasteiger partial charge in [0.05, 0.1) is 5.56 Å². The molecule has 2 aromatic heterocycles. The molecule has 6 nitrogen and oxygen atoms in total. The average molecular weight is 339 g/mol. The van der Waals surface area contributed by atoms with Gasteiger partial charge >= 0.3 is 0 Å². The van der Waals surface area contributed by atoms with Crippen LogP contribution < -0.4 is 5.73 Å². The van der Waals surface area contributed by atoms with Gasteiger partial charge in [-0.25, -0.2) is 14.4 Å². The lowest BCUT2D eigenvalue weighted by molar-refractivity contribution is 0.339. The van der Waals surface area contributed by atoms with Gasteiger partial charge in [-0.3, -0.25) is 0 Å². The Balaban J connectivity index is 1.61. The van der Waals surface area contributed by atoms with E-state index in [0.717, 1.165) is 41.8 Å². The first kappa shape index (κ1) is 15.8. The zero-order valence-electron chi connectivity index (χ0n) is 13.9. The van der Waals surface area contributed by atoms with Crippen molar-refractivity contribution in [2.45, 2.75) is 38.6 Å². The zero-order valence-corrected chi connectivity index (χ0v) is 13.9. The zero-order chi connectivity index (χ0) is 17.4. The van der Waals surface area contributed by atoms with Crippen LogP contribution in [0.1, 0.15) is 40.7 Å². The fourth-order valence-corrected chi connectivity index (χ4v) is 3.28. The van der Waals surface area contributed by atoms with Crippen molar-refractivity contribution in [1.29, 1.82) is 0 Å². The summed E-state index contributed by atoms with van der Waals surface area (Å²) in [5, 5.41) is 3.97. The molecular weight excluding hydrogens is 321 g/mol. The summed E-state index contributed by atoms with van der Waals surface area (Å²) in [4.78, 5) is 13.0. The molecular formula is C18H18FN5O. The van der Waals surface area contributed by atoms with E-state index < -0.39 is 5.82 Å². The second kappa shape index (κ2) is 6.33. The van der Waals surface area contributed by atoms with Crippen LogP contribution in [0.15, 0.2) is 29.0 Å². The maximum Gasteiger partial charge on any atom is 0.230 e. The van der Waals surface area contributed by atoms with Crippen LogP contribution in [-0.4, -0.2) is 20.1 Å². The molecule has 128 valence electrons. The van der Waals surface area contributed by atoms with Crippen molar-refractivity contribution >= 4 is 0 Å². The number of fused-ring (bicyclic) bond motifs is 1. The molecule has 2 N–H and O–H groups in total. The van der Waals surface area contributed by atoms with Gasteiger partial charge in [-0.05, 0) is 49.4 Å². The third-order valence-electron chi connectivity index (χ3n) is 4.73. The molecule has 0 radical (unpaired) electrons. The molecule has 1 aromatic carbocycles. The van der Waals surface area contributed by atoms with Gasteiger partial charge in [-0.15, -0.1) is 0 Å². The largest absolute Gasteiger partial charge is 0.339 e. The number of halogens is 1. The SMILES string of the molecule is Cc1ncnc2c1CC(c1nc(-c3ccc(CN)cc3F)no1)CC2. The molecule has 2 heterocycles. The molecule has 7 heteroatoms. The molecule has 0 fully saturated rings.